The molecule has 0 bridgehead atoms. The molecule has 24 heavy (non-hydrogen) atoms. The lowest BCUT2D eigenvalue weighted by Crippen LogP contribution is -2.37. The van der Waals surface area contributed by atoms with Gasteiger partial charge in [0.05, 0.1) is 17.5 Å². The molecular formula is C18H22N4OS. The summed E-state index contributed by atoms with van der Waals surface area (Å²) < 4.78 is 0. The molecule has 0 spiro atoms. The van der Waals surface area contributed by atoms with Gasteiger partial charge in [-0.3, -0.25) is 9.78 Å². The van der Waals surface area contributed by atoms with Gasteiger partial charge in [-0.1, -0.05) is 17.8 Å². The molecular weight excluding hydrogens is 320 g/mol. The van der Waals surface area contributed by atoms with Crippen molar-refractivity contribution in [1.82, 2.24) is 19.9 Å². The molecule has 6 heteroatoms. The first-order valence-electron chi connectivity index (χ1n) is 8.22. The highest BCUT2D eigenvalue weighted by molar-refractivity contribution is 7.99. The van der Waals surface area contributed by atoms with Crippen molar-refractivity contribution in [1.29, 1.82) is 0 Å². The van der Waals surface area contributed by atoms with Crippen LogP contribution in [0.3, 0.4) is 0 Å². The molecule has 0 radical (unpaired) electrons. The molecule has 1 aliphatic carbocycles. The van der Waals surface area contributed by atoms with Gasteiger partial charge in [0.2, 0.25) is 5.91 Å². The van der Waals surface area contributed by atoms with Crippen molar-refractivity contribution in [2.24, 2.45) is 0 Å². The van der Waals surface area contributed by atoms with Crippen molar-refractivity contribution < 1.29 is 4.79 Å². The molecule has 0 unspecified atom stereocenters. The highest BCUT2D eigenvalue weighted by atomic mass is 32.2. The van der Waals surface area contributed by atoms with Crippen LogP contribution in [0.25, 0.3) is 0 Å². The van der Waals surface area contributed by atoms with E-state index in [1.807, 2.05) is 43.0 Å². The summed E-state index contributed by atoms with van der Waals surface area (Å²) in [5.74, 6) is 0.486. The zero-order valence-electron chi connectivity index (χ0n) is 14.3. The number of pyridine rings is 1. The number of rotatable bonds is 6. The fourth-order valence-electron chi connectivity index (χ4n) is 2.81. The number of aryl methyl sites for hydroxylation is 2. The molecule has 1 atom stereocenters. The second kappa shape index (κ2) is 7.30. The molecule has 2 heterocycles. The maximum absolute atomic E-state index is 12.8. The minimum atomic E-state index is -0.00744. The molecule has 5 nitrogen and oxygen atoms in total. The van der Waals surface area contributed by atoms with Gasteiger partial charge in [0.15, 0.2) is 5.16 Å². The SMILES string of the molecule is Cc1cc(C)nc(SCC(=O)N(C2CC2)[C@H](C)c2ccccn2)n1. The van der Waals surface area contributed by atoms with E-state index in [0.29, 0.717) is 17.0 Å². The number of amides is 1. The van der Waals surface area contributed by atoms with Crippen LogP contribution in [0.15, 0.2) is 35.6 Å². The Morgan fingerprint density at radius 1 is 1.29 bits per heavy atom. The van der Waals surface area contributed by atoms with E-state index in [4.69, 9.17) is 0 Å². The topological polar surface area (TPSA) is 59.0 Å². The van der Waals surface area contributed by atoms with E-state index in [1.54, 1.807) is 6.20 Å². The molecule has 0 aliphatic heterocycles. The van der Waals surface area contributed by atoms with Gasteiger partial charge >= 0.3 is 0 Å². The lowest BCUT2D eigenvalue weighted by molar-refractivity contribution is -0.131. The Morgan fingerprint density at radius 2 is 2.00 bits per heavy atom. The highest BCUT2D eigenvalue weighted by Gasteiger charge is 2.36. The van der Waals surface area contributed by atoms with Gasteiger partial charge in [-0.15, -0.1) is 0 Å². The Balaban J connectivity index is 1.69. The molecule has 2 aromatic heterocycles. The van der Waals surface area contributed by atoms with Crippen LogP contribution < -0.4 is 0 Å². The van der Waals surface area contributed by atoms with Gasteiger partial charge in [0.1, 0.15) is 0 Å². The summed E-state index contributed by atoms with van der Waals surface area (Å²) >= 11 is 1.41. The summed E-state index contributed by atoms with van der Waals surface area (Å²) in [6.07, 6.45) is 3.93. The molecule has 0 saturated heterocycles. The minimum absolute atomic E-state index is 0.00744. The van der Waals surface area contributed by atoms with Gasteiger partial charge in [-0.25, -0.2) is 9.97 Å². The minimum Gasteiger partial charge on any atom is -0.331 e. The van der Waals surface area contributed by atoms with E-state index in [9.17, 15) is 4.79 Å². The maximum Gasteiger partial charge on any atom is 0.233 e. The van der Waals surface area contributed by atoms with E-state index in [2.05, 4.69) is 21.9 Å². The van der Waals surface area contributed by atoms with E-state index in [-0.39, 0.29) is 11.9 Å². The molecule has 126 valence electrons. The van der Waals surface area contributed by atoms with E-state index in [1.165, 1.54) is 11.8 Å². The third-order valence-corrected chi connectivity index (χ3v) is 4.88. The van der Waals surface area contributed by atoms with Crippen molar-refractivity contribution in [2.75, 3.05) is 5.75 Å². The fourth-order valence-corrected chi connectivity index (χ4v) is 3.63. The van der Waals surface area contributed by atoms with Gasteiger partial charge in [0.25, 0.3) is 0 Å². The normalized spacial score (nSPS) is 15.1. The summed E-state index contributed by atoms with van der Waals surface area (Å²) in [6, 6.07) is 8.11. The predicted molar refractivity (Wildman–Crippen MR) is 94.8 cm³/mol. The van der Waals surface area contributed by atoms with Gasteiger partial charge < -0.3 is 4.90 Å². The van der Waals surface area contributed by atoms with Gasteiger partial charge in [0, 0.05) is 23.6 Å². The molecule has 1 fully saturated rings. The summed E-state index contributed by atoms with van der Waals surface area (Å²) in [7, 11) is 0. The first-order valence-corrected chi connectivity index (χ1v) is 9.20. The molecule has 0 N–H and O–H groups in total. The molecule has 1 aliphatic rings. The van der Waals surface area contributed by atoms with Crippen molar-refractivity contribution >= 4 is 17.7 Å². The quantitative estimate of drug-likeness (QED) is 0.595. The average Bonchev–Trinajstić information content (AvgIpc) is 3.38. The van der Waals surface area contributed by atoms with E-state index in [0.717, 1.165) is 29.9 Å². The van der Waals surface area contributed by atoms with Crippen LogP contribution >= 0.6 is 11.8 Å². The van der Waals surface area contributed by atoms with Crippen molar-refractivity contribution in [2.45, 2.75) is 50.9 Å². The maximum atomic E-state index is 12.8. The first kappa shape index (κ1) is 16.9. The first-order chi connectivity index (χ1) is 11.5. The molecule has 2 aromatic rings. The monoisotopic (exact) mass is 342 g/mol. The zero-order valence-corrected chi connectivity index (χ0v) is 15.1. The Kier molecular flexibility index (Phi) is 5.14. The Hall–Kier alpha value is -1.95. The van der Waals surface area contributed by atoms with Crippen LogP contribution in [0.5, 0.6) is 0 Å². The Bertz CT molecular complexity index is 698. The Labute approximate surface area is 146 Å². The van der Waals surface area contributed by atoms with E-state index >= 15 is 0 Å². The van der Waals surface area contributed by atoms with Crippen molar-refractivity contribution in [3.8, 4) is 0 Å². The number of carbonyl (C=O) groups is 1. The van der Waals surface area contributed by atoms with Gasteiger partial charge in [-0.05, 0) is 51.8 Å². The number of carbonyl (C=O) groups excluding carboxylic acids is 1. The summed E-state index contributed by atoms with van der Waals surface area (Å²) in [5, 5.41) is 0.669. The third kappa shape index (κ3) is 4.12. The van der Waals surface area contributed by atoms with Crippen LogP contribution in [0, 0.1) is 13.8 Å². The van der Waals surface area contributed by atoms with E-state index < -0.39 is 0 Å². The Morgan fingerprint density at radius 3 is 2.58 bits per heavy atom. The predicted octanol–water partition coefficient (Wildman–Crippen LogP) is 3.33. The molecule has 1 amide bonds. The second-order valence-corrected chi connectivity index (χ2v) is 7.13. The summed E-state index contributed by atoms with van der Waals surface area (Å²) in [5.41, 5.74) is 2.79. The number of hydrogen-bond acceptors (Lipinski definition) is 5. The second-order valence-electron chi connectivity index (χ2n) is 6.18. The molecule has 0 aromatic carbocycles. The van der Waals surface area contributed by atoms with Crippen molar-refractivity contribution in [3.63, 3.8) is 0 Å². The largest absolute Gasteiger partial charge is 0.331 e. The fraction of sp³-hybridized carbons (Fsp3) is 0.444. The van der Waals surface area contributed by atoms with Gasteiger partial charge in [-0.2, -0.15) is 0 Å². The van der Waals surface area contributed by atoms with Crippen molar-refractivity contribution in [3.05, 3.63) is 47.5 Å². The van der Waals surface area contributed by atoms with Crippen LogP contribution in [-0.4, -0.2) is 37.6 Å². The third-order valence-electron chi connectivity index (χ3n) is 4.05. The molecule has 1 saturated carbocycles. The average molecular weight is 342 g/mol. The molecule has 3 rings (SSSR count). The number of nitrogens with zero attached hydrogens (tertiary/aromatic N) is 4. The lowest BCUT2D eigenvalue weighted by atomic mass is 10.1. The van der Waals surface area contributed by atoms with Crippen LogP contribution in [-0.2, 0) is 4.79 Å². The smallest absolute Gasteiger partial charge is 0.233 e. The zero-order chi connectivity index (χ0) is 17.1. The summed E-state index contributed by atoms with van der Waals surface area (Å²) in [6.45, 7) is 5.94. The highest BCUT2D eigenvalue weighted by Crippen LogP contribution is 2.34. The number of aromatic nitrogens is 3. The number of thioether (sulfide) groups is 1. The number of hydrogen-bond donors (Lipinski definition) is 0. The van der Waals surface area contributed by atoms with Crippen LogP contribution in [0.1, 0.15) is 42.9 Å². The standard InChI is InChI=1S/C18H22N4OS/c1-12-10-13(2)21-18(20-12)24-11-17(23)22(15-7-8-15)14(3)16-6-4-5-9-19-16/h4-6,9-10,14-15H,7-8,11H2,1-3H3/t14-/m1/s1. The summed E-state index contributed by atoms with van der Waals surface area (Å²) in [4.78, 5) is 28.0. The van der Waals surface area contributed by atoms with Crippen LogP contribution in [0.2, 0.25) is 0 Å². The van der Waals surface area contributed by atoms with Crippen LogP contribution in [0.4, 0.5) is 0 Å². The lowest BCUT2D eigenvalue weighted by Gasteiger charge is -2.29.